The molecule has 0 rings (SSSR count). The summed E-state index contributed by atoms with van der Waals surface area (Å²) in [5, 5.41) is 6.19. The lowest BCUT2D eigenvalue weighted by Gasteiger charge is -2.42. The smallest absolute Gasteiger partial charge is 0.305 e. The molecule has 0 aliphatic carbocycles. The maximum atomic E-state index is 14.0. The molecule has 2 atom stereocenters. The highest BCUT2D eigenvalue weighted by molar-refractivity contribution is 5.88. The number of nitrogens with one attached hydrogen (secondary N) is 2. The molecule has 0 saturated carbocycles. The second-order valence-corrected chi connectivity index (χ2v) is 22.5. The van der Waals surface area contributed by atoms with Crippen LogP contribution < -0.4 is 10.6 Å². The van der Waals surface area contributed by atoms with Crippen LogP contribution in [0.1, 0.15) is 300 Å². The van der Waals surface area contributed by atoms with Gasteiger partial charge in [-0.05, 0) is 78.6 Å². The summed E-state index contributed by atoms with van der Waals surface area (Å²) < 4.78 is 17.8. The SMILES string of the molecule is CCCCCCCCCCCCCCCCCC(=O)NC(COC(=O)CCCCCCCCCCCCCCCCC)C(=O)NC(C)(C)CC(C)(C)CC(C)(CC)OCCC(C)(C)OC. The average molecular weight is 922 g/mol. The summed E-state index contributed by atoms with van der Waals surface area (Å²) in [6.07, 6.45) is 42.0. The summed E-state index contributed by atoms with van der Waals surface area (Å²) in [5.74, 6) is -0.780. The highest BCUT2D eigenvalue weighted by Crippen LogP contribution is 2.39. The molecule has 2 amide bonds. The number of esters is 1. The average Bonchev–Trinajstić information content (AvgIpc) is 3.24. The van der Waals surface area contributed by atoms with E-state index in [0.717, 1.165) is 57.8 Å². The number of amides is 2. The largest absolute Gasteiger partial charge is 0.463 e. The molecule has 0 fully saturated rings. The minimum atomic E-state index is -0.945. The van der Waals surface area contributed by atoms with Gasteiger partial charge >= 0.3 is 5.97 Å². The van der Waals surface area contributed by atoms with Crippen molar-refractivity contribution in [2.75, 3.05) is 20.3 Å². The van der Waals surface area contributed by atoms with Crippen LogP contribution in [0.2, 0.25) is 0 Å². The monoisotopic (exact) mass is 921 g/mol. The third-order valence-electron chi connectivity index (χ3n) is 13.7. The van der Waals surface area contributed by atoms with Gasteiger partial charge in [-0.2, -0.15) is 0 Å². The molecule has 0 radical (unpaired) electrons. The molecule has 0 bridgehead atoms. The fourth-order valence-corrected chi connectivity index (χ4v) is 9.65. The van der Waals surface area contributed by atoms with Crippen LogP contribution in [0.15, 0.2) is 0 Å². The summed E-state index contributed by atoms with van der Waals surface area (Å²) in [6, 6.07) is -0.945. The van der Waals surface area contributed by atoms with Crippen molar-refractivity contribution in [3.05, 3.63) is 0 Å². The Balaban J connectivity index is 5.01. The van der Waals surface area contributed by atoms with Crippen molar-refractivity contribution in [1.82, 2.24) is 10.6 Å². The Labute approximate surface area is 404 Å². The molecule has 0 heterocycles. The molecular weight excluding hydrogens is 809 g/mol. The van der Waals surface area contributed by atoms with E-state index in [0.29, 0.717) is 25.9 Å². The summed E-state index contributed by atoms with van der Waals surface area (Å²) in [7, 11) is 1.74. The lowest BCUT2D eigenvalue weighted by molar-refractivity contribution is -0.146. The van der Waals surface area contributed by atoms with Crippen LogP contribution in [0.3, 0.4) is 0 Å². The van der Waals surface area contributed by atoms with Crippen LogP contribution >= 0.6 is 0 Å². The topological polar surface area (TPSA) is 103 Å². The van der Waals surface area contributed by atoms with Gasteiger partial charge in [-0.3, -0.25) is 14.4 Å². The van der Waals surface area contributed by atoms with Gasteiger partial charge in [0.2, 0.25) is 11.8 Å². The minimum absolute atomic E-state index is 0.160. The van der Waals surface area contributed by atoms with E-state index in [2.05, 4.69) is 66.0 Å². The molecule has 2 unspecified atom stereocenters. The van der Waals surface area contributed by atoms with E-state index in [1.54, 1.807) is 7.11 Å². The first-order valence-corrected chi connectivity index (χ1v) is 27.9. The number of methoxy groups -OCH3 is 1. The minimum Gasteiger partial charge on any atom is -0.463 e. The maximum absolute atomic E-state index is 14.0. The Morgan fingerprint density at radius 2 is 0.892 bits per heavy atom. The second-order valence-electron chi connectivity index (χ2n) is 22.5. The van der Waals surface area contributed by atoms with E-state index in [-0.39, 0.29) is 41.0 Å². The van der Waals surface area contributed by atoms with Crippen molar-refractivity contribution >= 4 is 17.8 Å². The van der Waals surface area contributed by atoms with Crippen LogP contribution in [0.4, 0.5) is 0 Å². The molecule has 0 spiro atoms. The van der Waals surface area contributed by atoms with E-state index in [1.165, 1.54) is 154 Å². The lowest BCUT2D eigenvalue weighted by atomic mass is 9.72. The number of unbranched alkanes of at least 4 members (excludes halogenated alkanes) is 28. The highest BCUT2D eigenvalue weighted by Gasteiger charge is 2.38. The number of hydrogen-bond acceptors (Lipinski definition) is 6. The number of rotatable bonds is 47. The van der Waals surface area contributed by atoms with E-state index >= 15 is 0 Å². The van der Waals surface area contributed by atoms with Gasteiger partial charge in [0.15, 0.2) is 0 Å². The predicted molar refractivity (Wildman–Crippen MR) is 278 cm³/mol. The molecule has 65 heavy (non-hydrogen) atoms. The van der Waals surface area contributed by atoms with Gasteiger partial charge in [0, 0.05) is 25.5 Å². The zero-order valence-electron chi connectivity index (χ0n) is 45.4. The van der Waals surface area contributed by atoms with Crippen molar-refractivity contribution in [2.45, 2.75) is 323 Å². The van der Waals surface area contributed by atoms with Crippen LogP contribution in [-0.4, -0.2) is 60.9 Å². The fraction of sp³-hybridized carbons (Fsp3) is 0.947. The number of hydrogen-bond donors (Lipinski definition) is 2. The first-order chi connectivity index (χ1) is 30.9. The number of carbonyl (C=O) groups is 3. The van der Waals surface area contributed by atoms with Crippen LogP contribution in [0.25, 0.3) is 0 Å². The standard InChI is InChI=1S/C57H112N2O6/c1-12-15-17-19-21-23-25-27-29-31-33-35-37-39-41-43-51(60)58-50(47-64-52(61)44-42-40-38-36-34-32-30-28-26-24-22-20-18-16-13-2)53(62)59-55(6,7)48-54(4,5)49-57(10,14-3)65-46-45-56(8,9)63-11/h50H,12-49H2,1-11H3,(H,58,60)(H,59,62). The van der Waals surface area contributed by atoms with Gasteiger partial charge in [-0.1, -0.05) is 214 Å². The summed E-state index contributed by atoms with van der Waals surface area (Å²) in [6.45, 7) is 22.0. The Kier molecular flexibility index (Phi) is 38.2. The van der Waals surface area contributed by atoms with Gasteiger partial charge in [-0.25, -0.2) is 0 Å². The molecule has 0 aromatic heterocycles. The normalized spacial score (nSPS) is 13.7. The first kappa shape index (κ1) is 63.3. The molecule has 2 N–H and O–H groups in total. The van der Waals surface area contributed by atoms with Gasteiger partial charge in [0.1, 0.15) is 12.6 Å². The van der Waals surface area contributed by atoms with E-state index in [1.807, 2.05) is 13.8 Å². The Morgan fingerprint density at radius 3 is 1.28 bits per heavy atom. The van der Waals surface area contributed by atoms with E-state index < -0.39 is 11.6 Å². The zero-order chi connectivity index (χ0) is 48.7. The summed E-state index contributed by atoms with van der Waals surface area (Å²) in [4.78, 5) is 40.1. The zero-order valence-corrected chi connectivity index (χ0v) is 45.4. The van der Waals surface area contributed by atoms with E-state index in [9.17, 15) is 14.4 Å². The summed E-state index contributed by atoms with van der Waals surface area (Å²) >= 11 is 0. The molecule has 8 nitrogen and oxygen atoms in total. The first-order valence-electron chi connectivity index (χ1n) is 27.9. The molecular formula is C57H112N2O6. The third kappa shape index (κ3) is 38.9. The van der Waals surface area contributed by atoms with Gasteiger partial charge in [0.25, 0.3) is 0 Å². The highest BCUT2D eigenvalue weighted by atomic mass is 16.5. The third-order valence-corrected chi connectivity index (χ3v) is 13.7. The van der Waals surface area contributed by atoms with Gasteiger partial charge in [-0.15, -0.1) is 0 Å². The van der Waals surface area contributed by atoms with Crippen molar-refractivity contribution in [2.24, 2.45) is 5.41 Å². The number of ether oxygens (including phenoxy) is 3. The molecule has 0 aliphatic heterocycles. The van der Waals surface area contributed by atoms with Crippen LogP contribution in [0, 0.1) is 5.41 Å². The summed E-state index contributed by atoms with van der Waals surface area (Å²) in [5.41, 5.74) is -1.31. The Bertz CT molecular complexity index is 1150. The second kappa shape index (κ2) is 39.2. The van der Waals surface area contributed by atoms with Gasteiger partial charge < -0.3 is 24.8 Å². The molecule has 0 aromatic rings. The maximum Gasteiger partial charge on any atom is 0.305 e. The van der Waals surface area contributed by atoms with Crippen LogP contribution in [0.5, 0.6) is 0 Å². The molecule has 386 valence electrons. The van der Waals surface area contributed by atoms with Gasteiger partial charge in [0.05, 0.1) is 17.8 Å². The Hall–Kier alpha value is -1.67. The predicted octanol–water partition coefficient (Wildman–Crippen LogP) is 16.2. The molecule has 0 aliphatic rings. The van der Waals surface area contributed by atoms with Crippen molar-refractivity contribution < 1.29 is 28.6 Å². The molecule has 0 saturated heterocycles. The fourth-order valence-electron chi connectivity index (χ4n) is 9.65. The number of carbonyl (C=O) groups excluding carboxylic acids is 3. The quantitative estimate of drug-likeness (QED) is 0.0466. The van der Waals surface area contributed by atoms with Crippen molar-refractivity contribution in [3.8, 4) is 0 Å². The van der Waals surface area contributed by atoms with Crippen molar-refractivity contribution in [3.63, 3.8) is 0 Å². The van der Waals surface area contributed by atoms with Crippen LogP contribution in [-0.2, 0) is 28.6 Å². The van der Waals surface area contributed by atoms with E-state index in [4.69, 9.17) is 14.2 Å². The van der Waals surface area contributed by atoms with Crippen molar-refractivity contribution in [1.29, 1.82) is 0 Å². The lowest BCUT2D eigenvalue weighted by Crippen LogP contribution is -2.56. The molecule has 8 heteroatoms. The molecule has 0 aromatic carbocycles. The Morgan fingerprint density at radius 1 is 0.508 bits per heavy atom.